The second-order valence-corrected chi connectivity index (χ2v) is 12.3. The highest BCUT2D eigenvalue weighted by Crippen LogP contribution is 2.28. The molecule has 5 rings (SSSR count). The maximum atomic E-state index is 13.4. The molecular formula is C29H31N3O2S2. The SMILES string of the molecule is Cc1ccc(Cn2c(-c3cccc(S(=O)(=O)N4CCC(C)CC4)c3)csc2=Nc2ccccc2)cc1. The number of para-hydroxylation sites is 1. The maximum Gasteiger partial charge on any atom is 0.243 e. The molecule has 0 unspecified atom stereocenters. The van der Waals surface area contributed by atoms with Crippen LogP contribution in [0.4, 0.5) is 5.69 Å². The Morgan fingerprint density at radius 2 is 1.67 bits per heavy atom. The minimum absolute atomic E-state index is 0.351. The lowest BCUT2D eigenvalue weighted by molar-refractivity contribution is 0.288. The molecule has 4 aromatic rings. The number of aryl methyl sites for hydroxylation is 1. The van der Waals surface area contributed by atoms with E-state index < -0.39 is 10.0 Å². The highest BCUT2D eigenvalue weighted by molar-refractivity contribution is 7.89. The molecule has 0 spiro atoms. The topological polar surface area (TPSA) is 54.7 Å². The molecule has 1 aromatic heterocycles. The largest absolute Gasteiger partial charge is 0.312 e. The fourth-order valence-corrected chi connectivity index (χ4v) is 6.93. The zero-order chi connectivity index (χ0) is 25.1. The molecule has 0 saturated carbocycles. The van der Waals surface area contributed by atoms with Gasteiger partial charge < -0.3 is 4.57 Å². The van der Waals surface area contributed by atoms with E-state index in [-0.39, 0.29) is 0 Å². The number of piperidine rings is 1. The van der Waals surface area contributed by atoms with Gasteiger partial charge in [0.2, 0.25) is 10.0 Å². The molecule has 1 aliphatic heterocycles. The Bertz CT molecular complexity index is 1500. The van der Waals surface area contributed by atoms with Crippen LogP contribution < -0.4 is 4.80 Å². The number of hydrogen-bond acceptors (Lipinski definition) is 4. The van der Waals surface area contributed by atoms with Gasteiger partial charge in [-0.3, -0.25) is 0 Å². The van der Waals surface area contributed by atoms with Crippen molar-refractivity contribution in [2.75, 3.05) is 13.1 Å². The summed E-state index contributed by atoms with van der Waals surface area (Å²) in [5, 5.41) is 2.07. The number of rotatable bonds is 6. The molecule has 3 aromatic carbocycles. The Kier molecular flexibility index (Phi) is 7.23. The summed E-state index contributed by atoms with van der Waals surface area (Å²) < 4.78 is 30.7. The van der Waals surface area contributed by atoms with Crippen molar-refractivity contribution in [3.05, 3.63) is 100 Å². The van der Waals surface area contributed by atoms with Crippen LogP contribution in [-0.2, 0) is 16.6 Å². The van der Waals surface area contributed by atoms with Gasteiger partial charge in [0.1, 0.15) is 0 Å². The summed E-state index contributed by atoms with van der Waals surface area (Å²) in [5.41, 5.74) is 5.10. The molecule has 0 amide bonds. The van der Waals surface area contributed by atoms with E-state index in [1.165, 1.54) is 11.1 Å². The molecule has 7 heteroatoms. The van der Waals surface area contributed by atoms with E-state index in [9.17, 15) is 8.42 Å². The summed E-state index contributed by atoms with van der Waals surface area (Å²) in [6.07, 6.45) is 1.81. The monoisotopic (exact) mass is 517 g/mol. The van der Waals surface area contributed by atoms with Crippen LogP contribution in [0.3, 0.4) is 0 Å². The van der Waals surface area contributed by atoms with Crippen LogP contribution in [0.15, 0.2) is 94.1 Å². The van der Waals surface area contributed by atoms with E-state index in [1.54, 1.807) is 21.7 Å². The molecule has 0 bridgehead atoms. The Balaban J connectivity index is 1.56. The zero-order valence-electron chi connectivity index (χ0n) is 20.7. The minimum Gasteiger partial charge on any atom is -0.312 e. The van der Waals surface area contributed by atoms with Gasteiger partial charge in [0.15, 0.2) is 4.80 Å². The van der Waals surface area contributed by atoms with E-state index in [4.69, 9.17) is 4.99 Å². The van der Waals surface area contributed by atoms with Gasteiger partial charge in [0.25, 0.3) is 0 Å². The Hall–Kier alpha value is -3.00. The highest BCUT2D eigenvalue weighted by Gasteiger charge is 2.28. The van der Waals surface area contributed by atoms with Crippen molar-refractivity contribution in [2.24, 2.45) is 10.9 Å². The molecule has 186 valence electrons. The van der Waals surface area contributed by atoms with Crippen molar-refractivity contribution >= 4 is 27.0 Å². The third kappa shape index (κ3) is 5.38. The van der Waals surface area contributed by atoms with Crippen LogP contribution in [0.2, 0.25) is 0 Å². The van der Waals surface area contributed by atoms with E-state index in [0.29, 0.717) is 30.4 Å². The fraction of sp³-hybridized carbons (Fsp3) is 0.276. The minimum atomic E-state index is -3.53. The van der Waals surface area contributed by atoms with Crippen LogP contribution in [0, 0.1) is 12.8 Å². The third-order valence-electron chi connectivity index (χ3n) is 6.75. The van der Waals surface area contributed by atoms with Crippen LogP contribution in [0.5, 0.6) is 0 Å². The van der Waals surface area contributed by atoms with Crippen molar-refractivity contribution in [2.45, 2.75) is 38.1 Å². The second-order valence-electron chi connectivity index (χ2n) is 9.54. The number of nitrogens with zero attached hydrogens (tertiary/aromatic N) is 3. The number of aromatic nitrogens is 1. The van der Waals surface area contributed by atoms with Gasteiger partial charge in [-0.25, -0.2) is 13.4 Å². The summed E-state index contributed by atoms with van der Waals surface area (Å²) in [5.74, 6) is 0.570. The maximum absolute atomic E-state index is 13.4. The van der Waals surface area contributed by atoms with Crippen molar-refractivity contribution in [3.8, 4) is 11.3 Å². The molecule has 36 heavy (non-hydrogen) atoms. The van der Waals surface area contributed by atoms with Crippen LogP contribution in [0.25, 0.3) is 11.3 Å². The summed E-state index contributed by atoms with van der Waals surface area (Å²) in [4.78, 5) is 6.13. The van der Waals surface area contributed by atoms with Crippen molar-refractivity contribution < 1.29 is 8.42 Å². The van der Waals surface area contributed by atoms with E-state index in [1.807, 2.05) is 48.5 Å². The Morgan fingerprint density at radius 3 is 2.39 bits per heavy atom. The lowest BCUT2D eigenvalue weighted by Crippen LogP contribution is -2.37. The molecule has 1 saturated heterocycles. The second kappa shape index (κ2) is 10.5. The predicted molar refractivity (Wildman–Crippen MR) is 147 cm³/mol. The van der Waals surface area contributed by atoms with Gasteiger partial charge in [0.05, 0.1) is 22.8 Å². The van der Waals surface area contributed by atoms with Gasteiger partial charge in [0, 0.05) is 24.0 Å². The first-order chi connectivity index (χ1) is 17.4. The molecule has 2 heterocycles. The van der Waals surface area contributed by atoms with Crippen LogP contribution in [-0.4, -0.2) is 30.4 Å². The van der Waals surface area contributed by atoms with Crippen molar-refractivity contribution in [1.82, 2.24) is 8.87 Å². The average molecular weight is 518 g/mol. The van der Waals surface area contributed by atoms with E-state index in [2.05, 4.69) is 48.1 Å². The summed E-state index contributed by atoms with van der Waals surface area (Å²) in [6, 6.07) is 25.8. The summed E-state index contributed by atoms with van der Waals surface area (Å²) in [6.45, 7) is 6.08. The molecule has 0 aliphatic carbocycles. The van der Waals surface area contributed by atoms with E-state index >= 15 is 0 Å². The van der Waals surface area contributed by atoms with Gasteiger partial charge in [-0.1, -0.05) is 67.1 Å². The summed E-state index contributed by atoms with van der Waals surface area (Å²) in [7, 11) is -3.53. The number of thiazole rings is 1. The molecular weight excluding hydrogens is 486 g/mol. The first-order valence-electron chi connectivity index (χ1n) is 12.3. The lowest BCUT2D eigenvalue weighted by Gasteiger charge is -2.29. The quantitative estimate of drug-likeness (QED) is 0.305. The molecule has 0 N–H and O–H groups in total. The third-order valence-corrected chi connectivity index (χ3v) is 9.51. The molecule has 1 aliphatic rings. The molecule has 0 radical (unpaired) electrons. The smallest absolute Gasteiger partial charge is 0.243 e. The fourth-order valence-electron chi connectivity index (χ4n) is 4.48. The van der Waals surface area contributed by atoms with Crippen LogP contribution >= 0.6 is 11.3 Å². The Labute approximate surface area is 217 Å². The molecule has 1 fully saturated rings. The highest BCUT2D eigenvalue weighted by atomic mass is 32.2. The van der Waals surface area contributed by atoms with Gasteiger partial charge in [-0.15, -0.1) is 11.3 Å². The van der Waals surface area contributed by atoms with Crippen molar-refractivity contribution in [1.29, 1.82) is 0 Å². The zero-order valence-corrected chi connectivity index (χ0v) is 22.3. The first kappa shape index (κ1) is 24.7. The summed E-state index contributed by atoms with van der Waals surface area (Å²) >= 11 is 1.57. The van der Waals surface area contributed by atoms with Crippen LogP contribution in [0.1, 0.15) is 30.9 Å². The predicted octanol–water partition coefficient (Wildman–Crippen LogP) is 6.23. The molecule has 5 nitrogen and oxygen atoms in total. The standard InChI is InChI=1S/C29H31N3O2S2/c1-22-11-13-24(14-12-22)20-32-28(21-35-29(32)30-26-8-4-3-5-9-26)25-7-6-10-27(19-25)36(33,34)31-17-15-23(2)16-18-31/h3-14,19,21,23H,15-18,20H2,1-2H3. The number of benzene rings is 3. The normalized spacial score (nSPS) is 15.9. The average Bonchev–Trinajstić information content (AvgIpc) is 3.28. The lowest BCUT2D eigenvalue weighted by atomic mass is 10.0. The molecule has 0 atom stereocenters. The Morgan fingerprint density at radius 1 is 0.944 bits per heavy atom. The number of hydrogen-bond donors (Lipinski definition) is 0. The number of sulfonamides is 1. The van der Waals surface area contributed by atoms with Gasteiger partial charge in [-0.2, -0.15) is 4.31 Å². The van der Waals surface area contributed by atoms with Gasteiger partial charge >= 0.3 is 0 Å². The van der Waals surface area contributed by atoms with Gasteiger partial charge in [-0.05, 0) is 55.5 Å². The van der Waals surface area contributed by atoms with Crippen molar-refractivity contribution in [3.63, 3.8) is 0 Å². The first-order valence-corrected chi connectivity index (χ1v) is 14.7. The van der Waals surface area contributed by atoms with E-state index in [0.717, 1.165) is 34.6 Å².